The number of carbonyl (C=O) groups excluding carboxylic acids is 1. The number of amides is 1. The SMILES string of the molecule is O=C(O)Cc1ccccc1NC(=O)C1CCCCN1. The van der Waals surface area contributed by atoms with Gasteiger partial charge < -0.3 is 15.7 Å². The minimum Gasteiger partial charge on any atom is -0.481 e. The molecule has 1 aliphatic rings. The molecule has 1 saturated heterocycles. The van der Waals surface area contributed by atoms with Gasteiger partial charge in [-0.05, 0) is 31.0 Å². The predicted molar refractivity (Wildman–Crippen MR) is 72.1 cm³/mol. The first-order valence-corrected chi connectivity index (χ1v) is 6.51. The summed E-state index contributed by atoms with van der Waals surface area (Å²) in [5.41, 5.74) is 1.21. The molecule has 19 heavy (non-hydrogen) atoms. The van der Waals surface area contributed by atoms with Crippen molar-refractivity contribution in [3.8, 4) is 0 Å². The second-order valence-corrected chi connectivity index (χ2v) is 4.72. The van der Waals surface area contributed by atoms with Crippen molar-refractivity contribution in [2.45, 2.75) is 31.7 Å². The third kappa shape index (κ3) is 3.79. The zero-order valence-electron chi connectivity index (χ0n) is 10.7. The first-order chi connectivity index (χ1) is 9.16. The number of rotatable bonds is 4. The van der Waals surface area contributed by atoms with Crippen LogP contribution >= 0.6 is 0 Å². The van der Waals surface area contributed by atoms with Crippen LogP contribution in [-0.4, -0.2) is 29.6 Å². The van der Waals surface area contributed by atoms with Gasteiger partial charge in [0.1, 0.15) is 0 Å². The van der Waals surface area contributed by atoms with Gasteiger partial charge >= 0.3 is 5.97 Å². The fourth-order valence-corrected chi connectivity index (χ4v) is 2.25. The van der Waals surface area contributed by atoms with Crippen molar-refractivity contribution >= 4 is 17.6 Å². The predicted octanol–water partition coefficient (Wildman–Crippen LogP) is 1.39. The molecule has 3 N–H and O–H groups in total. The van der Waals surface area contributed by atoms with Gasteiger partial charge in [-0.2, -0.15) is 0 Å². The Morgan fingerprint density at radius 1 is 1.32 bits per heavy atom. The first-order valence-electron chi connectivity index (χ1n) is 6.51. The molecule has 1 amide bonds. The quantitative estimate of drug-likeness (QED) is 0.766. The number of carboxylic acids is 1. The van der Waals surface area contributed by atoms with E-state index in [1.165, 1.54) is 0 Å². The number of carbonyl (C=O) groups is 2. The van der Waals surface area contributed by atoms with Crippen LogP contribution in [0.2, 0.25) is 0 Å². The fourth-order valence-electron chi connectivity index (χ4n) is 2.25. The molecule has 1 aromatic rings. The van der Waals surface area contributed by atoms with Gasteiger partial charge in [-0.15, -0.1) is 0 Å². The number of anilines is 1. The number of carboxylic acid groups (broad SMARTS) is 1. The highest BCUT2D eigenvalue weighted by Crippen LogP contribution is 2.17. The maximum atomic E-state index is 12.1. The van der Waals surface area contributed by atoms with Crippen molar-refractivity contribution in [3.05, 3.63) is 29.8 Å². The number of piperidine rings is 1. The van der Waals surface area contributed by atoms with Crippen molar-refractivity contribution in [2.75, 3.05) is 11.9 Å². The lowest BCUT2D eigenvalue weighted by Crippen LogP contribution is -2.43. The average molecular weight is 262 g/mol. The van der Waals surface area contributed by atoms with E-state index in [0.29, 0.717) is 11.3 Å². The number of nitrogens with one attached hydrogen (secondary N) is 2. The molecular weight excluding hydrogens is 244 g/mol. The molecule has 0 radical (unpaired) electrons. The maximum Gasteiger partial charge on any atom is 0.307 e. The molecule has 0 bridgehead atoms. The zero-order chi connectivity index (χ0) is 13.7. The molecule has 5 heteroatoms. The van der Waals surface area contributed by atoms with Crippen LogP contribution in [0.5, 0.6) is 0 Å². The Labute approximate surface area is 112 Å². The number of hydrogen-bond acceptors (Lipinski definition) is 3. The number of hydrogen-bond donors (Lipinski definition) is 3. The normalized spacial score (nSPS) is 18.8. The highest BCUT2D eigenvalue weighted by atomic mass is 16.4. The highest BCUT2D eigenvalue weighted by molar-refractivity contribution is 5.96. The van der Waals surface area contributed by atoms with Gasteiger partial charge in [0.05, 0.1) is 12.5 Å². The molecule has 2 rings (SSSR count). The van der Waals surface area contributed by atoms with E-state index in [1.54, 1.807) is 24.3 Å². The van der Waals surface area contributed by atoms with Gasteiger partial charge in [0.25, 0.3) is 0 Å². The van der Waals surface area contributed by atoms with Crippen LogP contribution in [0.4, 0.5) is 5.69 Å². The van der Waals surface area contributed by atoms with Crippen LogP contribution in [0.15, 0.2) is 24.3 Å². The Hall–Kier alpha value is -1.88. The van der Waals surface area contributed by atoms with Gasteiger partial charge in [-0.25, -0.2) is 0 Å². The lowest BCUT2D eigenvalue weighted by Gasteiger charge is -2.23. The van der Waals surface area contributed by atoms with E-state index in [2.05, 4.69) is 10.6 Å². The van der Waals surface area contributed by atoms with E-state index < -0.39 is 5.97 Å². The molecule has 0 saturated carbocycles. The van der Waals surface area contributed by atoms with Crippen LogP contribution in [0.3, 0.4) is 0 Å². The molecule has 0 aromatic heterocycles. The summed E-state index contributed by atoms with van der Waals surface area (Å²) < 4.78 is 0. The standard InChI is InChI=1S/C14H18N2O3/c17-13(18)9-10-5-1-2-6-11(10)16-14(19)12-7-3-4-8-15-12/h1-2,5-6,12,15H,3-4,7-9H2,(H,16,19)(H,17,18). The molecule has 5 nitrogen and oxygen atoms in total. The van der Waals surface area contributed by atoms with Gasteiger partial charge in [-0.3, -0.25) is 9.59 Å². The summed E-state index contributed by atoms with van der Waals surface area (Å²) in [6.07, 6.45) is 2.88. The van der Waals surface area contributed by atoms with E-state index in [9.17, 15) is 9.59 Å². The molecule has 1 atom stereocenters. The molecule has 0 spiro atoms. The minimum atomic E-state index is -0.905. The summed E-state index contributed by atoms with van der Waals surface area (Å²) in [7, 11) is 0. The van der Waals surface area contributed by atoms with E-state index in [1.807, 2.05) is 0 Å². The van der Waals surface area contributed by atoms with Crippen LogP contribution in [0.1, 0.15) is 24.8 Å². The third-order valence-corrected chi connectivity index (χ3v) is 3.24. The van der Waals surface area contributed by atoms with E-state index >= 15 is 0 Å². The second-order valence-electron chi connectivity index (χ2n) is 4.72. The molecule has 1 aliphatic heterocycles. The minimum absolute atomic E-state index is 0.0856. The van der Waals surface area contributed by atoms with Crippen molar-refractivity contribution in [1.29, 1.82) is 0 Å². The smallest absolute Gasteiger partial charge is 0.307 e. The Morgan fingerprint density at radius 2 is 2.11 bits per heavy atom. The lowest BCUT2D eigenvalue weighted by atomic mass is 10.0. The number of aliphatic carboxylic acids is 1. The molecule has 1 fully saturated rings. The fraction of sp³-hybridized carbons (Fsp3) is 0.429. The summed E-state index contributed by atoms with van der Waals surface area (Å²) >= 11 is 0. The lowest BCUT2D eigenvalue weighted by molar-refractivity contribution is -0.136. The average Bonchev–Trinajstić information content (AvgIpc) is 2.41. The topological polar surface area (TPSA) is 78.4 Å². The van der Waals surface area contributed by atoms with E-state index in [4.69, 9.17) is 5.11 Å². The Kier molecular flexibility index (Phi) is 4.52. The summed E-state index contributed by atoms with van der Waals surface area (Å²) in [6, 6.07) is 6.84. The van der Waals surface area contributed by atoms with Gasteiger partial charge in [0, 0.05) is 5.69 Å². The third-order valence-electron chi connectivity index (χ3n) is 3.24. The molecule has 102 valence electrons. The molecule has 0 aliphatic carbocycles. The molecule has 1 unspecified atom stereocenters. The first kappa shape index (κ1) is 13.5. The van der Waals surface area contributed by atoms with Gasteiger partial charge in [-0.1, -0.05) is 24.6 Å². The summed E-state index contributed by atoms with van der Waals surface area (Å²) in [6.45, 7) is 0.856. The summed E-state index contributed by atoms with van der Waals surface area (Å²) in [5, 5.41) is 14.8. The van der Waals surface area contributed by atoms with E-state index in [0.717, 1.165) is 25.8 Å². The monoisotopic (exact) mass is 262 g/mol. The van der Waals surface area contributed by atoms with Crippen molar-refractivity contribution in [1.82, 2.24) is 5.32 Å². The Balaban J connectivity index is 2.05. The van der Waals surface area contributed by atoms with Crippen molar-refractivity contribution < 1.29 is 14.7 Å². The van der Waals surface area contributed by atoms with Crippen LogP contribution in [0, 0.1) is 0 Å². The van der Waals surface area contributed by atoms with Crippen LogP contribution < -0.4 is 10.6 Å². The number of benzene rings is 1. The van der Waals surface area contributed by atoms with Crippen molar-refractivity contribution in [3.63, 3.8) is 0 Å². The van der Waals surface area contributed by atoms with Gasteiger partial charge in [0.15, 0.2) is 0 Å². The Morgan fingerprint density at radius 3 is 2.79 bits per heavy atom. The highest BCUT2D eigenvalue weighted by Gasteiger charge is 2.21. The molecule has 1 aromatic carbocycles. The second kappa shape index (κ2) is 6.33. The van der Waals surface area contributed by atoms with E-state index in [-0.39, 0.29) is 18.4 Å². The Bertz CT molecular complexity index is 468. The summed E-state index contributed by atoms with van der Waals surface area (Å²) in [5.74, 6) is -0.991. The number of para-hydroxylation sites is 1. The van der Waals surface area contributed by atoms with Crippen LogP contribution in [-0.2, 0) is 16.0 Å². The largest absolute Gasteiger partial charge is 0.481 e. The molecule has 1 heterocycles. The molecular formula is C14H18N2O3. The van der Waals surface area contributed by atoms with Crippen LogP contribution in [0.25, 0.3) is 0 Å². The zero-order valence-corrected chi connectivity index (χ0v) is 10.7. The van der Waals surface area contributed by atoms with Crippen molar-refractivity contribution in [2.24, 2.45) is 0 Å². The van der Waals surface area contributed by atoms with Gasteiger partial charge in [0.2, 0.25) is 5.91 Å². The summed E-state index contributed by atoms with van der Waals surface area (Å²) in [4.78, 5) is 22.9. The maximum absolute atomic E-state index is 12.1.